The van der Waals surface area contributed by atoms with Crippen molar-refractivity contribution in [2.45, 2.75) is 6.61 Å². The minimum atomic E-state index is -1.04. The van der Waals surface area contributed by atoms with Crippen LogP contribution < -0.4 is 10.5 Å². The molecule has 27 heavy (non-hydrogen) atoms. The Morgan fingerprint density at radius 1 is 1.11 bits per heavy atom. The van der Waals surface area contributed by atoms with Gasteiger partial charge in [-0.2, -0.15) is 4.98 Å². The summed E-state index contributed by atoms with van der Waals surface area (Å²) >= 11 is 0. The van der Waals surface area contributed by atoms with Crippen LogP contribution in [-0.4, -0.2) is 25.7 Å². The van der Waals surface area contributed by atoms with Crippen LogP contribution in [-0.2, 0) is 6.61 Å². The van der Waals surface area contributed by atoms with Gasteiger partial charge in [0.2, 0.25) is 5.95 Å². The Morgan fingerprint density at radius 3 is 2.56 bits per heavy atom. The van der Waals surface area contributed by atoms with Crippen molar-refractivity contribution in [1.29, 1.82) is 0 Å². The Hall–Kier alpha value is -3.87. The molecule has 0 fully saturated rings. The van der Waals surface area contributed by atoms with Crippen LogP contribution in [0.1, 0.15) is 15.9 Å². The molecule has 0 unspecified atom stereocenters. The van der Waals surface area contributed by atoms with Crippen LogP contribution in [0.25, 0.3) is 16.8 Å². The van der Waals surface area contributed by atoms with Crippen molar-refractivity contribution in [1.82, 2.24) is 14.6 Å². The summed E-state index contributed by atoms with van der Waals surface area (Å²) in [6.07, 6.45) is 1.61. The fraction of sp³-hybridized carbons (Fsp3) is 0.0500. The fourth-order valence-corrected chi connectivity index (χ4v) is 2.82. The van der Waals surface area contributed by atoms with E-state index in [0.717, 1.165) is 11.1 Å². The van der Waals surface area contributed by atoms with E-state index >= 15 is 0 Å². The van der Waals surface area contributed by atoms with Gasteiger partial charge in [-0.15, -0.1) is 5.10 Å². The van der Waals surface area contributed by atoms with E-state index in [9.17, 15) is 9.90 Å². The van der Waals surface area contributed by atoms with Gasteiger partial charge in [-0.05, 0) is 29.3 Å². The van der Waals surface area contributed by atoms with Crippen molar-refractivity contribution in [3.05, 3.63) is 78.0 Å². The first-order valence-electron chi connectivity index (χ1n) is 8.26. The second-order valence-corrected chi connectivity index (χ2v) is 5.98. The van der Waals surface area contributed by atoms with Crippen LogP contribution in [0.15, 0.2) is 66.9 Å². The van der Waals surface area contributed by atoms with Gasteiger partial charge in [-0.1, -0.05) is 42.5 Å². The minimum absolute atomic E-state index is 0.0909. The fourth-order valence-electron chi connectivity index (χ4n) is 2.82. The zero-order valence-corrected chi connectivity index (χ0v) is 14.2. The van der Waals surface area contributed by atoms with Gasteiger partial charge in [0.1, 0.15) is 12.4 Å². The first-order chi connectivity index (χ1) is 13.1. The van der Waals surface area contributed by atoms with E-state index < -0.39 is 5.97 Å². The van der Waals surface area contributed by atoms with Gasteiger partial charge >= 0.3 is 5.97 Å². The Kier molecular flexibility index (Phi) is 4.18. The third-order valence-electron chi connectivity index (χ3n) is 4.13. The number of ether oxygens (including phenoxy) is 1. The molecule has 0 radical (unpaired) electrons. The largest absolute Gasteiger partial charge is 0.489 e. The summed E-state index contributed by atoms with van der Waals surface area (Å²) in [5, 5.41) is 13.6. The van der Waals surface area contributed by atoms with Gasteiger partial charge in [0.05, 0.1) is 5.56 Å². The molecule has 2 aromatic carbocycles. The summed E-state index contributed by atoms with van der Waals surface area (Å²) < 4.78 is 7.24. The molecule has 0 amide bonds. The number of anilines is 1. The normalized spacial score (nSPS) is 10.8. The van der Waals surface area contributed by atoms with Crippen LogP contribution in [0.4, 0.5) is 5.95 Å². The smallest absolute Gasteiger partial charge is 0.336 e. The lowest BCUT2D eigenvalue weighted by atomic mass is 10.0. The number of carboxylic acids is 1. The number of nitrogen functional groups attached to an aromatic ring is 1. The van der Waals surface area contributed by atoms with Gasteiger partial charge in [0, 0.05) is 11.8 Å². The molecule has 0 aliphatic rings. The number of pyridine rings is 1. The quantitative estimate of drug-likeness (QED) is 0.566. The highest BCUT2D eigenvalue weighted by molar-refractivity contribution is 5.97. The topological polar surface area (TPSA) is 103 Å². The predicted molar refractivity (Wildman–Crippen MR) is 101 cm³/mol. The average molecular weight is 360 g/mol. The third-order valence-corrected chi connectivity index (χ3v) is 4.13. The standard InChI is InChI=1S/C20H16N4O3/c21-20-22-18-10-16(19(25)26)17(11-24(18)23-20)14-6-8-15(9-7-14)27-12-13-4-2-1-3-5-13/h1-11H,12H2,(H2,21,23)(H,25,26). The van der Waals surface area contributed by atoms with Crippen molar-refractivity contribution in [3.8, 4) is 16.9 Å². The second kappa shape index (κ2) is 6.80. The molecular weight excluding hydrogens is 344 g/mol. The molecule has 0 atom stereocenters. The maximum atomic E-state index is 11.7. The van der Waals surface area contributed by atoms with Crippen LogP contribution in [0.5, 0.6) is 5.75 Å². The summed E-state index contributed by atoms with van der Waals surface area (Å²) in [6, 6.07) is 18.6. The van der Waals surface area contributed by atoms with Crippen molar-refractivity contribution in [2.75, 3.05) is 5.73 Å². The molecular formula is C20H16N4O3. The Morgan fingerprint density at radius 2 is 1.85 bits per heavy atom. The highest BCUT2D eigenvalue weighted by Gasteiger charge is 2.15. The average Bonchev–Trinajstić information content (AvgIpc) is 3.05. The number of aromatic carboxylic acids is 1. The molecule has 0 saturated carbocycles. The van der Waals surface area contributed by atoms with Crippen molar-refractivity contribution in [2.24, 2.45) is 0 Å². The van der Waals surface area contributed by atoms with Crippen molar-refractivity contribution >= 4 is 17.6 Å². The van der Waals surface area contributed by atoms with Gasteiger partial charge in [-0.25, -0.2) is 9.31 Å². The molecule has 2 aromatic heterocycles. The minimum Gasteiger partial charge on any atom is -0.489 e. The van der Waals surface area contributed by atoms with Crippen LogP contribution >= 0.6 is 0 Å². The molecule has 4 rings (SSSR count). The van der Waals surface area contributed by atoms with Gasteiger partial charge < -0.3 is 15.6 Å². The van der Waals surface area contributed by atoms with E-state index in [2.05, 4.69) is 10.1 Å². The summed E-state index contributed by atoms with van der Waals surface area (Å²) in [5.74, 6) is -0.253. The number of nitrogens with zero attached hydrogens (tertiary/aromatic N) is 3. The van der Waals surface area contributed by atoms with Gasteiger partial charge in [0.15, 0.2) is 5.65 Å². The molecule has 0 saturated heterocycles. The first-order valence-corrected chi connectivity index (χ1v) is 8.26. The number of aromatic nitrogens is 3. The van der Waals surface area contributed by atoms with E-state index in [4.69, 9.17) is 10.5 Å². The third kappa shape index (κ3) is 3.43. The van der Waals surface area contributed by atoms with E-state index in [1.165, 1.54) is 10.6 Å². The van der Waals surface area contributed by atoms with E-state index in [0.29, 0.717) is 23.6 Å². The van der Waals surface area contributed by atoms with Crippen molar-refractivity contribution in [3.63, 3.8) is 0 Å². The first kappa shape index (κ1) is 16.6. The number of benzene rings is 2. The number of nitrogens with two attached hydrogens (primary N) is 1. The molecule has 7 heteroatoms. The number of rotatable bonds is 5. The SMILES string of the molecule is Nc1nc2cc(C(=O)O)c(-c3ccc(OCc4ccccc4)cc3)cn2n1. The molecule has 4 aromatic rings. The molecule has 0 aliphatic carbocycles. The zero-order valence-electron chi connectivity index (χ0n) is 14.2. The van der Waals surface area contributed by atoms with Gasteiger partial charge in [0.25, 0.3) is 0 Å². The van der Waals surface area contributed by atoms with E-state index in [1.807, 2.05) is 54.6 Å². The lowest BCUT2D eigenvalue weighted by Crippen LogP contribution is -2.03. The molecule has 7 nitrogen and oxygen atoms in total. The van der Waals surface area contributed by atoms with E-state index in [1.54, 1.807) is 6.20 Å². The number of hydrogen-bond donors (Lipinski definition) is 2. The highest BCUT2D eigenvalue weighted by atomic mass is 16.5. The predicted octanol–water partition coefficient (Wildman–Crippen LogP) is 3.26. The summed E-state index contributed by atoms with van der Waals surface area (Å²) in [5.41, 5.74) is 8.45. The number of fused-ring (bicyclic) bond motifs is 1. The molecule has 0 spiro atoms. The second-order valence-electron chi connectivity index (χ2n) is 5.98. The maximum absolute atomic E-state index is 11.7. The monoisotopic (exact) mass is 360 g/mol. The Balaban J connectivity index is 1.63. The Bertz CT molecular complexity index is 1110. The molecule has 2 heterocycles. The number of carboxylic acid groups (broad SMARTS) is 1. The van der Waals surface area contributed by atoms with Crippen LogP contribution in [0.2, 0.25) is 0 Å². The van der Waals surface area contributed by atoms with Crippen molar-refractivity contribution < 1.29 is 14.6 Å². The zero-order chi connectivity index (χ0) is 18.8. The van der Waals surface area contributed by atoms with Crippen LogP contribution in [0, 0.1) is 0 Å². The number of carbonyl (C=O) groups is 1. The number of hydrogen-bond acceptors (Lipinski definition) is 5. The Labute approximate surface area is 154 Å². The van der Waals surface area contributed by atoms with Gasteiger partial charge in [-0.3, -0.25) is 0 Å². The summed E-state index contributed by atoms with van der Waals surface area (Å²) in [6.45, 7) is 0.463. The highest BCUT2D eigenvalue weighted by Crippen LogP contribution is 2.27. The molecule has 3 N–H and O–H groups in total. The van der Waals surface area contributed by atoms with Crippen LogP contribution in [0.3, 0.4) is 0 Å². The lowest BCUT2D eigenvalue weighted by Gasteiger charge is -2.09. The molecule has 0 bridgehead atoms. The molecule has 0 aliphatic heterocycles. The lowest BCUT2D eigenvalue weighted by molar-refractivity contribution is 0.0697. The molecule has 134 valence electrons. The van der Waals surface area contributed by atoms with E-state index in [-0.39, 0.29) is 11.5 Å². The summed E-state index contributed by atoms with van der Waals surface area (Å²) in [4.78, 5) is 15.7. The maximum Gasteiger partial charge on any atom is 0.336 e. The summed E-state index contributed by atoms with van der Waals surface area (Å²) in [7, 11) is 0.